The van der Waals surface area contributed by atoms with Gasteiger partial charge < -0.3 is 25.0 Å². The van der Waals surface area contributed by atoms with Crippen molar-refractivity contribution in [2.75, 3.05) is 19.6 Å². The monoisotopic (exact) mass is 524 g/mol. The van der Waals surface area contributed by atoms with Gasteiger partial charge in [0.05, 0.1) is 0 Å². The second kappa shape index (κ2) is 10.5. The molecule has 3 unspecified atom stereocenters. The molecule has 2 N–H and O–H groups in total. The van der Waals surface area contributed by atoms with Gasteiger partial charge in [-0.05, 0) is 75.1 Å². The van der Waals surface area contributed by atoms with Crippen LogP contribution in [-0.4, -0.2) is 87.6 Å². The smallest absolute Gasteiger partial charge is 0.255 e. The van der Waals surface area contributed by atoms with Crippen LogP contribution in [0.5, 0.6) is 5.75 Å². The highest BCUT2D eigenvalue weighted by Crippen LogP contribution is 2.37. The third-order valence-electron chi connectivity index (χ3n) is 9.47. The number of amides is 3. The number of ether oxygens (including phenoxy) is 1. The molecule has 1 aromatic carbocycles. The summed E-state index contributed by atoms with van der Waals surface area (Å²) >= 11 is 0. The molecule has 206 valence electrons. The van der Waals surface area contributed by atoms with Crippen LogP contribution in [0.2, 0.25) is 0 Å². The lowest BCUT2D eigenvalue weighted by Crippen LogP contribution is -2.63. The largest absolute Gasteiger partial charge is 0.489 e. The Hall–Kier alpha value is -2.65. The highest BCUT2D eigenvalue weighted by molar-refractivity contribution is 6.01. The molecule has 4 aliphatic heterocycles. The molecule has 1 aromatic rings. The van der Waals surface area contributed by atoms with Gasteiger partial charge in [0.2, 0.25) is 11.8 Å². The van der Waals surface area contributed by atoms with Crippen LogP contribution in [0.4, 0.5) is 0 Å². The number of aliphatic hydroxyl groups is 1. The van der Waals surface area contributed by atoms with Crippen molar-refractivity contribution >= 4 is 17.7 Å². The van der Waals surface area contributed by atoms with E-state index in [1.807, 2.05) is 18.2 Å². The quantitative estimate of drug-likeness (QED) is 0.613. The maximum atomic E-state index is 13.1. The first-order valence-electron chi connectivity index (χ1n) is 14.5. The van der Waals surface area contributed by atoms with Crippen molar-refractivity contribution in [3.8, 4) is 5.75 Å². The van der Waals surface area contributed by atoms with Crippen molar-refractivity contribution in [1.29, 1.82) is 0 Å². The van der Waals surface area contributed by atoms with Crippen molar-refractivity contribution < 1.29 is 24.2 Å². The number of benzene rings is 1. The first kappa shape index (κ1) is 25.6. The molecular formula is C29H40N4O5. The van der Waals surface area contributed by atoms with Crippen molar-refractivity contribution in [3.63, 3.8) is 0 Å². The molecule has 1 aliphatic carbocycles. The number of rotatable bonds is 5. The molecule has 6 rings (SSSR count). The van der Waals surface area contributed by atoms with Crippen LogP contribution in [-0.2, 0) is 16.1 Å². The predicted molar refractivity (Wildman–Crippen MR) is 140 cm³/mol. The van der Waals surface area contributed by atoms with E-state index in [4.69, 9.17) is 4.74 Å². The summed E-state index contributed by atoms with van der Waals surface area (Å²) in [6.45, 7) is 5.06. The molecule has 3 saturated heterocycles. The van der Waals surface area contributed by atoms with Gasteiger partial charge in [-0.3, -0.25) is 19.3 Å². The van der Waals surface area contributed by atoms with Gasteiger partial charge in [-0.2, -0.15) is 0 Å². The molecule has 4 heterocycles. The Morgan fingerprint density at radius 1 is 1.00 bits per heavy atom. The van der Waals surface area contributed by atoms with Gasteiger partial charge >= 0.3 is 0 Å². The topological polar surface area (TPSA) is 102 Å². The number of fused-ring (bicyclic) bond motifs is 1. The van der Waals surface area contributed by atoms with E-state index in [1.54, 1.807) is 11.8 Å². The number of nitrogens with zero attached hydrogens (tertiary/aromatic N) is 3. The minimum atomic E-state index is -0.834. The predicted octanol–water partition coefficient (Wildman–Crippen LogP) is 2.26. The zero-order valence-corrected chi connectivity index (χ0v) is 22.3. The minimum absolute atomic E-state index is 0.108. The SMILES string of the molecule is CC(=O)N1CCCCC1C1CN([C@H]2CCCC[C@@H]2Oc2ccc3c(c2)CN(C2CCC(O)NC2=O)C3=O)C1. The number of carbonyl (C=O) groups is 3. The number of piperidine rings is 2. The van der Waals surface area contributed by atoms with E-state index < -0.39 is 12.3 Å². The summed E-state index contributed by atoms with van der Waals surface area (Å²) in [6.07, 6.45) is 8.13. The van der Waals surface area contributed by atoms with Gasteiger partial charge in [-0.15, -0.1) is 0 Å². The Morgan fingerprint density at radius 3 is 2.55 bits per heavy atom. The molecule has 0 spiro atoms. The van der Waals surface area contributed by atoms with E-state index in [0.29, 0.717) is 43.0 Å². The van der Waals surface area contributed by atoms with Crippen molar-refractivity contribution in [2.45, 2.75) is 102 Å². The Labute approximate surface area is 224 Å². The number of aliphatic hydroxyl groups excluding tert-OH is 1. The van der Waals surface area contributed by atoms with Crippen LogP contribution in [0.15, 0.2) is 18.2 Å². The van der Waals surface area contributed by atoms with Crippen molar-refractivity contribution in [3.05, 3.63) is 29.3 Å². The molecule has 0 aromatic heterocycles. The molecular weight excluding hydrogens is 484 g/mol. The van der Waals surface area contributed by atoms with Crippen molar-refractivity contribution in [2.24, 2.45) is 5.92 Å². The number of nitrogens with one attached hydrogen (secondary N) is 1. The molecule has 0 radical (unpaired) electrons. The lowest BCUT2D eigenvalue weighted by Gasteiger charge is -2.53. The molecule has 5 atom stereocenters. The van der Waals surface area contributed by atoms with E-state index in [9.17, 15) is 19.5 Å². The lowest BCUT2D eigenvalue weighted by molar-refractivity contribution is -0.137. The summed E-state index contributed by atoms with van der Waals surface area (Å²) in [6, 6.07) is 5.90. The van der Waals surface area contributed by atoms with Gasteiger partial charge in [0, 0.05) is 56.7 Å². The second-order valence-electron chi connectivity index (χ2n) is 11.9. The number of likely N-dealkylation sites (tertiary alicyclic amines) is 2. The van der Waals surface area contributed by atoms with E-state index >= 15 is 0 Å². The van der Waals surface area contributed by atoms with Crippen LogP contribution in [0.25, 0.3) is 0 Å². The third kappa shape index (κ3) is 4.79. The first-order chi connectivity index (χ1) is 18.4. The first-order valence-corrected chi connectivity index (χ1v) is 14.5. The Kier molecular flexibility index (Phi) is 7.07. The molecule has 3 amide bonds. The molecule has 0 bridgehead atoms. The standard InChI is InChI=1S/C29H40N4O5/c1-18(34)32-13-5-4-6-23(32)20-15-31(16-20)24-7-2-3-8-26(24)38-21-9-10-22-19(14-21)17-33(29(22)37)25-11-12-27(35)30-28(25)36/h9-10,14,20,23-27,35H,2-8,11-13,15-17H2,1H3,(H,30,36)/t23?,24-,25?,26-,27?/m0/s1. The summed E-state index contributed by atoms with van der Waals surface area (Å²) in [5.74, 6) is 1.12. The number of carbonyl (C=O) groups excluding carboxylic acids is 3. The molecule has 5 aliphatic rings. The van der Waals surface area contributed by atoms with Gasteiger partial charge in [-0.1, -0.05) is 6.42 Å². The fourth-order valence-corrected chi connectivity index (χ4v) is 7.43. The van der Waals surface area contributed by atoms with Crippen molar-refractivity contribution in [1.82, 2.24) is 20.0 Å². The van der Waals surface area contributed by atoms with Crippen LogP contribution in [0.1, 0.15) is 80.6 Å². The Balaban J connectivity index is 1.09. The number of hydrogen-bond acceptors (Lipinski definition) is 6. The molecule has 1 saturated carbocycles. The molecule has 9 nitrogen and oxygen atoms in total. The highest BCUT2D eigenvalue weighted by atomic mass is 16.5. The maximum Gasteiger partial charge on any atom is 0.255 e. The van der Waals surface area contributed by atoms with E-state index in [-0.39, 0.29) is 23.8 Å². The van der Waals surface area contributed by atoms with Gasteiger partial charge in [0.1, 0.15) is 24.1 Å². The van der Waals surface area contributed by atoms with Gasteiger partial charge in [-0.25, -0.2) is 0 Å². The highest BCUT2D eigenvalue weighted by Gasteiger charge is 2.44. The molecule has 4 fully saturated rings. The lowest BCUT2D eigenvalue weighted by atomic mass is 9.81. The van der Waals surface area contributed by atoms with E-state index in [2.05, 4.69) is 15.1 Å². The third-order valence-corrected chi connectivity index (χ3v) is 9.47. The Bertz CT molecular complexity index is 1090. The minimum Gasteiger partial charge on any atom is -0.489 e. The number of hydrogen-bond donors (Lipinski definition) is 2. The zero-order valence-electron chi connectivity index (χ0n) is 22.3. The molecule has 38 heavy (non-hydrogen) atoms. The normalized spacial score (nSPS) is 32.5. The van der Waals surface area contributed by atoms with Crippen LogP contribution >= 0.6 is 0 Å². The summed E-state index contributed by atoms with van der Waals surface area (Å²) in [4.78, 5) is 43.9. The fraction of sp³-hybridized carbons (Fsp3) is 0.690. The van der Waals surface area contributed by atoms with E-state index in [0.717, 1.165) is 63.1 Å². The molecule has 9 heteroatoms. The summed E-state index contributed by atoms with van der Waals surface area (Å²) in [7, 11) is 0. The average Bonchev–Trinajstić information content (AvgIpc) is 3.19. The second-order valence-corrected chi connectivity index (χ2v) is 11.9. The average molecular weight is 525 g/mol. The van der Waals surface area contributed by atoms with Gasteiger partial charge in [0.25, 0.3) is 5.91 Å². The maximum absolute atomic E-state index is 13.1. The van der Waals surface area contributed by atoms with Crippen LogP contribution < -0.4 is 10.1 Å². The van der Waals surface area contributed by atoms with Crippen LogP contribution in [0, 0.1) is 5.92 Å². The zero-order chi connectivity index (χ0) is 26.4. The van der Waals surface area contributed by atoms with E-state index in [1.165, 1.54) is 12.8 Å². The summed E-state index contributed by atoms with van der Waals surface area (Å²) < 4.78 is 6.59. The van der Waals surface area contributed by atoms with Crippen LogP contribution in [0.3, 0.4) is 0 Å². The van der Waals surface area contributed by atoms with Gasteiger partial charge in [0.15, 0.2) is 0 Å². The summed E-state index contributed by atoms with van der Waals surface area (Å²) in [5.41, 5.74) is 1.52. The fourth-order valence-electron chi connectivity index (χ4n) is 7.43. The Morgan fingerprint density at radius 2 is 1.76 bits per heavy atom. The summed E-state index contributed by atoms with van der Waals surface area (Å²) in [5, 5.41) is 12.2.